The maximum atomic E-state index is 12.8. The van der Waals surface area contributed by atoms with Crippen LogP contribution in [0, 0.1) is 6.92 Å². The normalized spacial score (nSPS) is 16.9. The molecular formula is C31H37N5O4. The molecule has 5 rings (SSSR count). The number of rotatable bonds is 9. The van der Waals surface area contributed by atoms with Crippen molar-refractivity contribution in [1.82, 2.24) is 14.4 Å². The smallest absolute Gasteiger partial charge is 0.242 e. The molecule has 1 amide bonds. The molecule has 9 heteroatoms. The van der Waals surface area contributed by atoms with Crippen molar-refractivity contribution in [2.24, 2.45) is 9.98 Å². The number of aromatic nitrogens is 1. The van der Waals surface area contributed by atoms with Gasteiger partial charge in [-0.1, -0.05) is 36.4 Å². The number of β-amino-alcohol motifs (C(OH)–C–C–N with tert-alkyl or cyclic N) is 1. The monoisotopic (exact) mass is 543 g/mol. The van der Waals surface area contributed by atoms with Crippen LogP contribution in [0.1, 0.15) is 22.3 Å². The third-order valence-corrected chi connectivity index (χ3v) is 7.37. The van der Waals surface area contributed by atoms with Crippen molar-refractivity contribution in [2.45, 2.75) is 32.5 Å². The minimum Gasteiger partial charge on any atom is -0.491 e. The summed E-state index contributed by atoms with van der Waals surface area (Å²) >= 11 is 0. The van der Waals surface area contributed by atoms with Gasteiger partial charge in [0.1, 0.15) is 30.8 Å². The number of aliphatic imine (C=N–C) groups is 2. The predicted molar refractivity (Wildman–Crippen MR) is 156 cm³/mol. The fourth-order valence-electron chi connectivity index (χ4n) is 5.18. The molecule has 1 saturated heterocycles. The highest BCUT2D eigenvalue weighted by Crippen LogP contribution is 2.24. The standard InChI is InChI=1S/C31H37N5O4/c1-23-10-13-36(21-29(38)35-14-16-39-17-15-35)31(23)33-30(32-2)25-8-5-9-28(18-25)40-22-27(37)20-34-12-11-24-6-3-4-7-26(24)19-34/h3-10,13,18,27,37H,2,11-12,14-17,19-22H2,1H3. The summed E-state index contributed by atoms with van der Waals surface area (Å²) in [7, 11) is 0. The van der Waals surface area contributed by atoms with E-state index in [1.54, 1.807) is 0 Å². The Morgan fingerprint density at radius 2 is 1.90 bits per heavy atom. The van der Waals surface area contributed by atoms with Crippen LogP contribution in [0.4, 0.5) is 5.82 Å². The van der Waals surface area contributed by atoms with Gasteiger partial charge in [-0.15, -0.1) is 0 Å². The summed E-state index contributed by atoms with van der Waals surface area (Å²) in [6.45, 7) is 10.7. The number of morpholine rings is 1. The van der Waals surface area contributed by atoms with Gasteiger partial charge < -0.3 is 24.0 Å². The number of amidine groups is 1. The molecule has 2 aromatic carbocycles. The lowest BCUT2D eigenvalue weighted by molar-refractivity contribution is -0.135. The van der Waals surface area contributed by atoms with Gasteiger partial charge in [-0.25, -0.2) is 9.98 Å². The number of carbonyl (C=O) groups excluding carboxylic acids is 1. The van der Waals surface area contributed by atoms with Crippen LogP contribution in [-0.4, -0.2) is 90.0 Å². The summed E-state index contributed by atoms with van der Waals surface area (Å²) in [5, 5.41) is 10.7. The van der Waals surface area contributed by atoms with Gasteiger partial charge >= 0.3 is 0 Å². The van der Waals surface area contributed by atoms with Crippen LogP contribution < -0.4 is 4.74 Å². The first kappa shape index (κ1) is 27.8. The van der Waals surface area contributed by atoms with Crippen molar-refractivity contribution < 1.29 is 19.4 Å². The van der Waals surface area contributed by atoms with Gasteiger partial charge in [0.25, 0.3) is 0 Å². The number of aryl methyl sites for hydroxylation is 1. The summed E-state index contributed by atoms with van der Waals surface area (Å²) in [5.41, 5.74) is 4.39. The number of nitrogens with zero attached hydrogens (tertiary/aromatic N) is 5. The zero-order valence-corrected chi connectivity index (χ0v) is 23.0. The van der Waals surface area contributed by atoms with Gasteiger partial charge in [0.15, 0.2) is 5.84 Å². The van der Waals surface area contributed by atoms with E-state index < -0.39 is 6.10 Å². The molecule has 210 valence electrons. The van der Waals surface area contributed by atoms with Crippen molar-refractivity contribution in [3.05, 3.63) is 83.0 Å². The Balaban J connectivity index is 1.22. The van der Waals surface area contributed by atoms with E-state index in [0.717, 1.165) is 30.6 Å². The number of ether oxygens (including phenoxy) is 2. The Morgan fingerprint density at radius 3 is 2.70 bits per heavy atom. The third-order valence-electron chi connectivity index (χ3n) is 7.37. The van der Waals surface area contributed by atoms with E-state index in [4.69, 9.17) is 14.5 Å². The van der Waals surface area contributed by atoms with Crippen molar-refractivity contribution in [3.8, 4) is 5.75 Å². The molecule has 2 aliphatic rings. The lowest BCUT2D eigenvalue weighted by atomic mass is 10.00. The Hall–Kier alpha value is -3.79. The number of hydrogen-bond acceptors (Lipinski definition) is 6. The SMILES string of the molecule is C=NC(=Nc1c(C)ccn1CC(=O)N1CCOCC1)c1cccc(OCC(O)CN2CCc3ccccc3C2)c1. The van der Waals surface area contributed by atoms with Gasteiger partial charge in [0, 0.05) is 44.5 Å². The highest BCUT2D eigenvalue weighted by atomic mass is 16.5. The number of hydrogen-bond donors (Lipinski definition) is 1. The summed E-state index contributed by atoms with van der Waals surface area (Å²) in [6.07, 6.45) is 2.25. The number of benzene rings is 2. The highest BCUT2D eigenvalue weighted by Gasteiger charge is 2.20. The van der Waals surface area contributed by atoms with E-state index in [9.17, 15) is 9.90 Å². The van der Waals surface area contributed by atoms with Crippen molar-refractivity contribution in [3.63, 3.8) is 0 Å². The summed E-state index contributed by atoms with van der Waals surface area (Å²) in [6, 6.07) is 17.9. The van der Waals surface area contributed by atoms with Crippen molar-refractivity contribution >= 4 is 24.3 Å². The topological polar surface area (TPSA) is 91.9 Å². The molecule has 1 fully saturated rings. The predicted octanol–water partition coefficient (Wildman–Crippen LogP) is 3.23. The Labute approximate surface area is 235 Å². The average Bonchev–Trinajstić information content (AvgIpc) is 3.33. The zero-order chi connectivity index (χ0) is 27.9. The molecular weight excluding hydrogens is 506 g/mol. The average molecular weight is 544 g/mol. The van der Waals surface area contributed by atoms with Crippen molar-refractivity contribution in [2.75, 3.05) is 46.0 Å². The molecule has 0 spiro atoms. The number of aliphatic hydroxyl groups excluding tert-OH is 1. The summed E-state index contributed by atoms with van der Waals surface area (Å²) < 4.78 is 13.2. The van der Waals surface area contributed by atoms with E-state index in [-0.39, 0.29) is 19.1 Å². The third kappa shape index (κ3) is 6.85. The second-order valence-corrected chi connectivity index (χ2v) is 10.3. The molecule has 1 unspecified atom stereocenters. The van der Waals surface area contributed by atoms with E-state index in [1.165, 1.54) is 11.1 Å². The van der Waals surface area contributed by atoms with Gasteiger partial charge in [-0.3, -0.25) is 9.69 Å². The lowest BCUT2D eigenvalue weighted by Crippen LogP contribution is -2.42. The molecule has 9 nitrogen and oxygen atoms in total. The fraction of sp³-hybridized carbons (Fsp3) is 0.387. The molecule has 0 radical (unpaired) electrons. The van der Waals surface area contributed by atoms with Gasteiger partial charge in [0.2, 0.25) is 5.91 Å². The van der Waals surface area contributed by atoms with E-state index in [2.05, 4.69) is 40.9 Å². The maximum Gasteiger partial charge on any atom is 0.242 e. The van der Waals surface area contributed by atoms with Crippen LogP contribution in [0.3, 0.4) is 0 Å². The van der Waals surface area contributed by atoms with Gasteiger partial charge in [-0.05, 0) is 55.0 Å². The highest BCUT2D eigenvalue weighted by molar-refractivity contribution is 6.03. The summed E-state index contributed by atoms with van der Waals surface area (Å²) in [4.78, 5) is 25.9. The molecule has 1 N–H and O–H groups in total. The molecule has 40 heavy (non-hydrogen) atoms. The number of aliphatic hydroxyl groups is 1. The minimum atomic E-state index is -0.616. The molecule has 3 aromatic rings. The molecule has 0 bridgehead atoms. The van der Waals surface area contributed by atoms with Crippen LogP contribution in [0.5, 0.6) is 5.75 Å². The van der Waals surface area contributed by atoms with E-state index >= 15 is 0 Å². The number of amides is 1. The second kappa shape index (κ2) is 13.0. The Bertz CT molecular complexity index is 1360. The maximum absolute atomic E-state index is 12.8. The Kier molecular flexibility index (Phi) is 9.05. The molecule has 3 heterocycles. The summed E-state index contributed by atoms with van der Waals surface area (Å²) in [5.74, 6) is 1.74. The second-order valence-electron chi connectivity index (χ2n) is 10.3. The van der Waals surface area contributed by atoms with Gasteiger partial charge in [0.05, 0.1) is 13.2 Å². The van der Waals surface area contributed by atoms with Crippen LogP contribution in [0.2, 0.25) is 0 Å². The van der Waals surface area contributed by atoms with Crippen LogP contribution in [0.25, 0.3) is 0 Å². The largest absolute Gasteiger partial charge is 0.491 e. The molecule has 0 aliphatic carbocycles. The minimum absolute atomic E-state index is 0.0335. The first-order valence-corrected chi connectivity index (χ1v) is 13.8. The van der Waals surface area contributed by atoms with Crippen LogP contribution in [-0.2, 0) is 29.0 Å². The van der Waals surface area contributed by atoms with Crippen LogP contribution in [0.15, 0.2) is 70.8 Å². The first-order valence-electron chi connectivity index (χ1n) is 13.8. The Morgan fingerprint density at radius 1 is 1.10 bits per heavy atom. The van der Waals surface area contributed by atoms with Crippen molar-refractivity contribution in [1.29, 1.82) is 0 Å². The quantitative estimate of drug-likeness (QED) is 0.331. The lowest BCUT2D eigenvalue weighted by Gasteiger charge is -2.30. The van der Waals surface area contributed by atoms with E-state index in [0.29, 0.717) is 50.3 Å². The molecule has 0 saturated carbocycles. The number of fused-ring (bicyclic) bond motifs is 1. The van der Waals surface area contributed by atoms with E-state index in [1.807, 2.05) is 52.9 Å². The fourth-order valence-corrected chi connectivity index (χ4v) is 5.18. The zero-order valence-electron chi connectivity index (χ0n) is 23.0. The van der Waals surface area contributed by atoms with Gasteiger partial charge in [-0.2, -0.15) is 0 Å². The number of carbonyl (C=O) groups is 1. The molecule has 1 aromatic heterocycles. The molecule has 1 atom stereocenters. The molecule has 2 aliphatic heterocycles. The van der Waals surface area contributed by atoms with Crippen LogP contribution >= 0.6 is 0 Å². The first-order chi connectivity index (χ1) is 19.5.